The summed E-state index contributed by atoms with van der Waals surface area (Å²) in [5.41, 5.74) is 0.479. The number of hydrogen-bond acceptors (Lipinski definition) is 5. The SMILES string of the molecule is CCNc1ccc(C(=O)NCC2(N(C)C)CCC2)nn1. The lowest BCUT2D eigenvalue weighted by Crippen LogP contribution is -2.57. The fraction of sp³-hybridized carbons (Fsp3) is 0.643. The number of nitrogens with one attached hydrogen (secondary N) is 2. The van der Waals surface area contributed by atoms with Gasteiger partial charge in [0.25, 0.3) is 5.91 Å². The number of amides is 1. The van der Waals surface area contributed by atoms with Crippen molar-refractivity contribution in [2.75, 3.05) is 32.5 Å². The maximum absolute atomic E-state index is 12.1. The second-order valence-electron chi connectivity index (χ2n) is 5.49. The van der Waals surface area contributed by atoms with Crippen molar-refractivity contribution in [3.8, 4) is 0 Å². The van der Waals surface area contributed by atoms with Crippen LogP contribution in [0.15, 0.2) is 12.1 Å². The molecule has 0 radical (unpaired) electrons. The van der Waals surface area contributed by atoms with Crippen LogP contribution in [-0.2, 0) is 0 Å². The summed E-state index contributed by atoms with van der Waals surface area (Å²) >= 11 is 0. The van der Waals surface area contributed by atoms with Gasteiger partial charge in [0, 0.05) is 18.6 Å². The number of anilines is 1. The topological polar surface area (TPSA) is 70.2 Å². The largest absolute Gasteiger partial charge is 0.369 e. The van der Waals surface area contributed by atoms with Gasteiger partial charge in [-0.25, -0.2) is 0 Å². The Kier molecular flexibility index (Phi) is 4.54. The molecule has 110 valence electrons. The zero-order chi connectivity index (χ0) is 14.6. The van der Waals surface area contributed by atoms with E-state index in [9.17, 15) is 4.79 Å². The first kappa shape index (κ1) is 14.7. The number of likely N-dealkylation sites (N-methyl/N-ethyl adjacent to an activating group) is 1. The standard InChI is InChI=1S/C14H23N5O/c1-4-15-12-7-6-11(17-18-12)13(20)16-10-14(19(2)3)8-5-9-14/h6-7H,4-5,8-10H2,1-3H3,(H,15,18)(H,16,20). The van der Waals surface area contributed by atoms with Crippen LogP contribution < -0.4 is 10.6 Å². The Hall–Kier alpha value is -1.69. The number of carbonyl (C=O) groups excluding carboxylic acids is 1. The van der Waals surface area contributed by atoms with E-state index >= 15 is 0 Å². The van der Waals surface area contributed by atoms with E-state index in [1.807, 2.05) is 6.92 Å². The van der Waals surface area contributed by atoms with Gasteiger partial charge in [0.1, 0.15) is 5.82 Å². The lowest BCUT2D eigenvalue weighted by molar-refractivity contribution is 0.0556. The number of nitrogens with zero attached hydrogens (tertiary/aromatic N) is 3. The van der Waals surface area contributed by atoms with E-state index in [4.69, 9.17) is 0 Å². The Labute approximate surface area is 120 Å². The van der Waals surface area contributed by atoms with E-state index < -0.39 is 0 Å². The third-order valence-corrected chi connectivity index (χ3v) is 4.07. The molecular weight excluding hydrogens is 254 g/mol. The van der Waals surface area contributed by atoms with Crippen molar-refractivity contribution in [1.29, 1.82) is 0 Å². The number of hydrogen-bond donors (Lipinski definition) is 2. The van der Waals surface area contributed by atoms with E-state index in [1.165, 1.54) is 6.42 Å². The summed E-state index contributed by atoms with van der Waals surface area (Å²) in [6.45, 7) is 3.43. The van der Waals surface area contributed by atoms with Crippen LogP contribution >= 0.6 is 0 Å². The maximum atomic E-state index is 12.1. The van der Waals surface area contributed by atoms with Crippen LogP contribution in [0.3, 0.4) is 0 Å². The zero-order valence-corrected chi connectivity index (χ0v) is 12.4. The smallest absolute Gasteiger partial charge is 0.271 e. The van der Waals surface area contributed by atoms with Crippen LogP contribution in [0, 0.1) is 0 Å². The van der Waals surface area contributed by atoms with Crippen molar-refractivity contribution in [1.82, 2.24) is 20.4 Å². The highest BCUT2D eigenvalue weighted by atomic mass is 16.1. The third-order valence-electron chi connectivity index (χ3n) is 4.07. The molecule has 2 N–H and O–H groups in total. The number of rotatable bonds is 6. The first-order valence-electron chi connectivity index (χ1n) is 7.10. The van der Waals surface area contributed by atoms with Crippen molar-refractivity contribution in [3.63, 3.8) is 0 Å². The number of carbonyl (C=O) groups is 1. The molecule has 0 aromatic carbocycles. The quantitative estimate of drug-likeness (QED) is 0.815. The molecule has 1 aliphatic rings. The molecule has 20 heavy (non-hydrogen) atoms. The van der Waals surface area contributed by atoms with Gasteiger partial charge in [-0.2, -0.15) is 0 Å². The van der Waals surface area contributed by atoms with Gasteiger partial charge in [0.15, 0.2) is 5.69 Å². The Morgan fingerprint density at radius 3 is 2.55 bits per heavy atom. The van der Waals surface area contributed by atoms with Crippen molar-refractivity contribution in [2.24, 2.45) is 0 Å². The summed E-state index contributed by atoms with van der Waals surface area (Å²) in [7, 11) is 4.13. The average Bonchev–Trinajstić information content (AvgIpc) is 2.38. The fourth-order valence-electron chi connectivity index (χ4n) is 2.43. The molecule has 1 amide bonds. The molecule has 0 unspecified atom stereocenters. The summed E-state index contributed by atoms with van der Waals surface area (Å²) in [6, 6.07) is 3.47. The Morgan fingerprint density at radius 2 is 2.10 bits per heavy atom. The molecule has 1 fully saturated rings. The van der Waals surface area contributed by atoms with Gasteiger partial charge in [-0.3, -0.25) is 4.79 Å². The summed E-state index contributed by atoms with van der Waals surface area (Å²) in [5.74, 6) is 0.529. The van der Waals surface area contributed by atoms with E-state index in [2.05, 4.69) is 39.8 Å². The summed E-state index contributed by atoms with van der Waals surface area (Å²) in [6.07, 6.45) is 3.49. The minimum Gasteiger partial charge on any atom is -0.369 e. The molecule has 0 saturated heterocycles. The molecule has 1 aromatic rings. The van der Waals surface area contributed by atoms with Crippen molar-refractivity contribution >= 4 is 11.7 Å². The predicted molar refractivity (Wildman–Crippen MR) is 78.8 cm³/mol. The highest BCUT2D eigenvalue weighted by Gasteiger charge is 2.39. The van der Waals surface area contributed by atoms with Gasteiger partial charge in [-0.15, -0.1) is 10.2 Å². The molecule has 1 aromatic heterocycles. The average molecular weight is 277 g/mol. The first-order chi connectivity index (χ1) is 9.57. The van der Waals surface area contributed by atoms with E-state index in [0.717, 1.165) is 19.4 Å². The van der Waals surface area contributed by atoms with Crippen molar-refractivity contribution in [3.05, 3.63) is 17.8 Å². The minimum absolute atomic E-state index is 0.118. The lowest BCUT2D eigenvalue weighted by Gasteiger charge is -2.47. The molecule has 0 atom stereocenters. The number of aromatic nitrogens is 2. The zero-order valence-electron chi connectivity index (χ0n) is 12.4. The van der Waals surface area contributed by atoms with Crippen molar-refractivity contribution < 1.29 is 4.79 Å². The Morgan fingerprint density at radius 1 is 1.35 bits per heavy atom. The van der Waals surface area contributed by atoms with Gasteiger partial charge in [0.05, 0.1) is 0 Å². The van der Waals surface area contributed by atoms with Gasteiger partial charge in [-0.05, 0) is 52.4 Å². The molecular formula is C14H23N5O. The molecule has 1 heterocycles. The predicted octanol–water partition coefficient (Wildman–Crippen LogP) is 1.12. The first-order valence-corrected chi connectivity index (χ1v) is 7.10. The van der Waals surface area contributed by atoms with Gasteiger partial charge in [-0.1, -0.05) is 0 Å². The van der Waals surface area contributed by atoms with E-state index in [-0.39, 0.29) is 11.4 Å². The molecule has 1 aliphatic carbocycles. The lowest BCUT2D eigenvalue weighted by atomic mass is 9.75. The van der Waals surface area contributed by atoms with Crippen LogP contribution in [0.5, 0.6) is 0 Å². The normalized spacial score (nSPS) is 16.6. The monoisotopic (exact) mass is 277 g/mol. The molecule has 0 aliphatic heterocycles. The molecule has 0 spiro atoms. The third kappa shape index (κ3) is 3.07. The summed E-state index contributed by atoms with van der Waals surface area (Å²) in [4.78, 5) is 14.3. The second-order valence-corrected chi connectivity index (χ2v) is 5.49. The van der Waals surface area contributed by atoms with Crippen LogP contribution in [-0.4, -0.2) is 53.7 Å². The van der Waals surface area contributed by atoms with E-state index in [0.29, 0.717) is 18.1 Å². The van der Waals surface area contributed by atoms with Crippen LogP contribution in [0.4, 0.5) is 5.82 Å². The molecule has 6 nitrogen and oxygen atoms in total. The highest BCUT2D eigenvalue weighted by Crippen LogP contribution is 2.35. The van der Waals surface area contributed by atoms with E-state index in [1.54, 1.807) is 12.1 Å². The Balaban J connectivity index is 1.91. The van der Waals surface area contributed by atoms with Crippen LogP contribution in [0.25, 0.3) is 0 Å². The van der Waals surface area contributed by atoms with Gasteiger partial charge < -0.3 is 15.5 Å². The molecule has 2 rings (SSSR count). The van der Waals surface area contributed by atoms with Crippen LogP contribution in [0.1, 0.15) is 36.7 Å². The summed E-state index contributed by atoms with van der Waals surface area (Å²) < 4.78 is 0. The van der Waals surface area contributed by atoms with Crippen LogP contribution in [0.2, 0.25) is 0 Å². The second kappa shape index (κ2) is 6.17. The van der Waals surface area contributed by atoms with Crippen molar-refractivity contribution in [2.45, 2.75) is 31.7 Å². The maximum Gasteiger partial charge on any atom is 0.271 e. The highest BCUT2D eigenvalue weighted by molar-refractivity contribution is 5.92. The fourth-order valence-corrected chi connectivity index (χ4v) is 2.43. The molecule has 6 heteroatoms. The Bertz CT molecular complexity index is 453. The summed E-state index contributed by atoms with van der Waals surface area (Å²) in [5, 5.41) is 13.9. The minimum atomic E-state index is -0.159. The van der Waals surface area contributed by atoms with Gasteiger partial charge >= 0.3 is 0 Å². The molecule has 0 bridgehead atoms. The molecule has 1 saturated carbocycles. The van der Waals surface area contributed by atoms with Gasteiger partial charge in [0.2, 0.25) is 0 Å².